The Hall–Kier alpha value is -4.07. The first kappa shape index (κ1) is 33.1. The topological polar surface area (TPSA) is 142 Å². The highest BCUT2D eigenvalue weighted by molar-refractivity contribution is 7.92. The number of benzene rings is 2. The number of aliphatic carboxylic acids is 1. The number of halogens is 3. The predicted octanol–water partition coefficient (Wildman–Crippen LogP) is 4.89. The number of nitrogens with zero attached hydrogens (tertiary/aromatic N) is 3. The van der Waals surface area contributed by atoms with E-state index in [1.807, 2.05) is 44.3 Å². The van der Waals surface area contributed by atoms with Crippen molar-refractivity contribution in [1.29, 1.82) is 0 Å². The lowest BCUT2D eigenvalue weighted by Crippen LogP contribution is -2.23. The van der Waals surface area contributed by atoms with Crippen molar-refractivity contribution in [2.75, 3.05) is 23.2 Å². The van der Waals surface area contributed by atoms with Crippen LogP contribution in [0.5, 0.6) is 0 Å². The van der Waals surface area contributed by atoms with Crippen molar-refractivity contribution in [3.63, 3.8) is 0 Å². The molecule has 3 aromatic rings. The van der Waals surface area contributed by atoms with Gasteiger partial charge in [0.05, 0.1) is 21.8 Å². The summed E-state index contributed by atoms with van der Waals surface area (Å²) in [6, 6.07) is 11.2. The summed E-state index contributed by atoms with van der Waals surface area (Å²) >= 11 is 0. The number of nitrogens with one attached hydrogen (secondary N) is 1. The molecule has 0 saturated heterocycles. The summed E-state index contributed by atoms with van der Waals surface area (Å²) in [5.74, 6) is -3.88. The van der Waals surface area contributed by atoms with Crippen LogP contribution in [-0.4, -0.2) is 60.1 Å². The van der Waals surface area contributed by atoms with Gasteiger partial charge in [-0.05, 0) is 75.1 Å². The molecule has 1 aromatic heterocycles. The second-order valence-corrected chi connectivity index (χ2v) is 10.8. The van der Waals surface area contributed by atoms with Crippen LogP contribution in [0.25, 0.3) is 0 Å². The van der Waals surface area contributed by atoms with Gasteiger partial charge in [0.15, 0.2) is 0 Å². The number of likely N-dealkylation sites (N-methyl/N-ethyl adjacent to an activating group) is 1. The zero-order valence-corrected chi connectivity index (χ0v) is 24.1. The summed E-state index contributed by atoms with van der Waals surface area (Å²) in [5.41, 5.74) is 5.02. The lowest BCUT2D eigenvalue weighted by atomic mass is 10.1. The van der Waals surface area contributed by atoms with E-state index in [2.05, 4.69) is 9.82 Å². The normalized spacial score (nSPS) is 11.4. The van der Waals surface area contributed by atoms with E-state index in [0.717, 1.165) is 41.9 Å². The SMILES string of the molecule is CCc1ccc(S(=O)(=O)Nc2ccc(N(C)CCc3c(C)nn(CC)c3C)c(C(=O)O)c2)cc1.O=C(O)C(F)(F)F. The Morgan fingerprint density at radius 2 is 1.63 bits per heavy atom. The van der Waals surface area contributed by atoms with Gasteiger partial charge in [-0.2, -0.15) is 18.3 Å². The third-order valence-corrected chi connectivity index (χ3v) is 7.70. The molecule has 10 nitrogen and oxygen atoms in total. The van der Waals surface area contributed by atoms with Crippen LogP contribution in [0, 0.1) is 13.8 Å². The van der Waals surface area contributed by atoms with Gasteiger partial charge in [-0.25, -0.2) is 18.0 Å². The summed E-state index contributed by atoms with van der Waals surface area (Å²) in [6.45, 7) is 9.45. The van der Waals surface area contributed by atoms with Crippen LogP contribution in [0.4, 0.5) is 24.5 Å². The minimum atomic E-state index is -5.08. The van der Waals surface area contributed by atoms with Crippen molar-refractivity contribution in [1.82, 2.24) is 9.78 Å². The van der Waals surface area contributed by atoms with Crippen molar-refractivity contribution >= 4 is 33.3 Å². The van der Waals surface area contributed by atoms with Gasteiger partial charge in [-0.1, -0.05) is 19.1 Å². The number of carboxylic acids is 2. The molecule has 3 rings (SSSR count). The van der Waals surface area contributed by atoms with Crippen LogP contribution in [0.15, 0.2) is 47.4 Å². The number of hydrogen-bond donors (Lipinski definition) is 3. The van der Waals surface area contributed by atoms with Gasteiger partial charge in [-0.3, -0.25) is 9.40 Å². The van der Waals surface area contributed by atoms with Crippen molar-refractivity contribution in [2.24, 2.45) is 0 Å². The van der Waals surface area contributed by atoms with Crippen molar-refractivity contribution in [3.05, 3.63) is 70.5 Å². The second-order valence-electron chi connectivity index (χ2n) is 9.08. The van der Waals surface area contributed by atoms with Crippen molar-refractivity contribution in [2.45, 2.75) is 58.2 Å². The number of sulfonamides is 1. The fourth-order valence-corrected chi connectivity index (χ4v) is 5.08. The maximum Gasteiger partial charge on any atom is 0.490 e. The Balaban J connectivity index is 0.000000745. The molecule has 1 heterocycles. The fourth-order valence-electron chi connectivity index (χ4n) is 4.03. The third-order valence-electron chi connectivity index (χ3n) is 6.30. The number of aromatic nitrogens is 2. The maximum absolute atomic E-state index is 12.8. The van der Waals surface area contributed by atoms with Gasteiger partial charge in [0, 0.05) is 31.5 Å². The van der Waals surface area contributed by atoms with Crippen LogP contribution in [0.3, 0.4) is 0 Å². The minimum absolute atomic E-state index is 0.0294. The number of aromatic carboxylic acids is 1. The van der Waals surface area contributed by atoms with E-state index in [1.165, 1.54) is 6.07 Å². The highest BCUT2D eigenvalue weighted by Crippen LogP contribution is 2.26. The van der Waals surface area contributed by atoms with E-state index in [4.69, 9.17) is 9.90 Å². The van der Waals surface area contributed by atoms with Crippen LogP contribution in [-0.2, 0) is 34.2 Å². The van der Waals surface area contributed by atoms with E-state index in [9.17, 15) is 31.5 Å². The molecule has 0 radical (unpaired) electrons. The summed E-state index contributed by atoms with van der Waals surface area (Å²) in [5, 5.41) is 21.5. The molecule has 3 N–H and O–H groups in total. The summed E-state index contributed by atoms with van der Waals surface area (Å²) in [7, 11) is -2.01. The standard InChI is InChI=1S/C25H32N4O4S.C2HF3O2/c1-6-19-8-11-21(12-9-19)34(32,33)27-20-10-13-24(23(16-20)25(30)31)28(5)15-14-22-17(3)26-29(7-2)18(22)4;3-2(4,5)1(6)7/h8-13,16,27H,6-7,14-15H2,1-5H3,(H,30,31);(H,6,7). The van der Waals surface area contributed by atoms with Gasteiger partial charge in [0.1, 0.15) is 0 Å². The Morgan fingerprint density at radius 1 is 1.05 bits per heavy atom. The first-order valence-electron chi connectivity index (χ1n) is 12.5. The lowest BCUT2D eigenvalue weighted by Gasteiger charge is -2.22. The predicted molar refractivity (Wildman–Crippen MR) is 148 cm³/mol. The first-order chi connectivity index (χ1) is 19.0. The lowest BCUT2D eigenvalue weighted by molar-refractivity contribution is -0.192. The minimum Gasteiger partial charge on any atom is -0.478 e. The number of anilines is 2. The van der Waals surface area contributed by atoms with Crippen LogP contribution >= 0.6 is 0 Å². The Labute approximate surface area is 236 Å². The summed E-state index contributed by atoms with van der Waals surface area (Å²) < 4.78 is 61.7. The number of carbonyl (C=O) groups is 2. The van der Waals surface area contributed by atoms with Crippen molar-refractivity contribution in [3.8, 4) is 0 Å². The number of alkyl halides is 3. The molecule has 0 unspecified atom stereocenters. The van der Waals surface area contributed by atoms with E-state index >= 15 is 0 Å². The molecule has 0 bridgehead atoms. The number of aryl methyl sites for hydroxylation is 3. The molecule has 0 aliphatic carbocycles. The summed E-state index contributed by atoms with van der Waals surface area (Å²) in [6.07, 6.45) is -3.56. The first-order valence-corrected chi connectivity index (χ1v) is 14.0. The van der Waals surface area contributed by atoms with Gasteiger partial charge < -0.3 is 15.1 Å². The van der Waals surface area contributed by atoms with Crippen LogP contribution < -0.4 is 9.62 Å². The largest absolute Gasteiger partial charge is 0.490 e. The number of hydrogen-bond acceptors (Lipinski definition) is 6. The van der Waals surface area contributed by atoms with Gasteiger partial charge in [-0.15, -0.1) is 0 Å². The highest BCUT2D eigenvalue weighted by atomic mass is 32.2. The van der Waals surface area contributed by atoms with Gasteiger partial charge >= 0.3 is 18.1 Å². The molecule has 14 heteroatoms. The third kappa shape index (κ3) is 8.71. The zero-order chi connectivity index (χ0) is 31.1. The molecule has 41 heavy (non-hydrogen) atoms. The van der Waals surface area contributed by atoms with Crippen LogP contribution in [0.1, 0.15) is 46.7 Å². The molecular weight excluding hydrogens is 565 g/mol. The summed E-state index contributed by atoms with van der Waals surface area (Å²) in [4.78, 5) is 22.9. The molecule has 0 fully saturated rings. The molecule has 2 aromatic carbocycles. The van der Waals surface area contributed by atoms with E-state index in [0.29, 0.717) is 12.2 Å². The molecule has 0 saturated carbocycles. The second kappa shape index (κ2) is 13.5. The van der Waals surface area contributed by atoms with Crippen LogP contribution in [0.2, 0.25) is 0 Å². The van der Waals surface area contributed by atoms with Crippen molar-refractivity contribution < 1.29 is 41.4 Å². The van der Waals surface area contributed by atoms with Gasteiger partial charge in [0.2, 0.25) is 0 Å². The molecule has 0 aliphatic heterocycles. The number of carboxylic acid groups (broad SMARTS) is 2. The number of rotatable bonds is 10. The fraction of sp³-hybridized carbons (Fsp3) is 0.370. The monoisotopic (exact) mass is 598 g/mol. The Morgan fingerprint density at radius 3 is 2.10 bits per heavy atom. The van der Waals surface area contributed by atoms with E-state index < -0.39 is 28.1 Å². The maximum atomic E-state index is 12.8. The average Bonchev–Trinajstić information content (AvgIpc) is 3.18. The molecule has 0 atom stereocenters. The highest BCUT2D eigenvalue weighted by Gasteiger charge is 2.38. The molecule has 0 aliphatic rings. The molecule has 0 amide bonds. The smallest absolute Gasteiger partial charge is 0.478 e. The van der Waals surface area contributed by atoms with Gasteiger partial charge in [0.25, 0.3) is 10.0 Å². The Bertz CT molecular complexity index is 1490. The molecule has 0 spiro atoms. The van der Waals surface area contributed by atoms with E-state index in [1.54, 1.807) is 36.4 Å². The zero-order valence-electron chi connectivity index (χ0n) is 23.3. The molecule has 224 valence electrons. The Kier molecular flexibility index (Phi) is 10.9. The average molecular weight is 599 g/mol. The van der Waals surface area contributed by atoms with E-state index in [-0.39, 0.29) is 16.1 Å². The molecular formula is C27H33F3N4O6S. The quantitative estimate of drug-likeness (QED) is 0.299.